The molecule has 106 valence electrons. The molecule has 1 aromatic heterocycles. The molecule has 0 N–H and O–H groups in total. The molecule has 0 radical (unpaired) electrons. The van der Waals surface area contributed by atoms with Crippen LogP contribution in [0.25, 0.3) is 11.3 Å². The van der Waals surface area contributed by atoms with Crippen molar-refractivity contribution in [2.75, 3.05) is 0 Å². The lowest BCUT2D eigenvalue weighted by Gasteiger charge is -2.04. The molecule has 1 heterocycles. The van der Waals surface area contributed by atoms with Crippen LogP contribution in [0.1, 0.15) is 36.2 Å². The number of aromatic nitrogens is 2. The first kappa shape index (κ1) is 14.4. The van der Waals surface area contributed by atoms with Crippen molar-refractivity contribution >= 4 is 6.29 Å². The number of hydrogen-bond acceptors (Lipinski definition) is 2. The van der Waals surface area contributed by atoms with Gasteiger partial charge in [0.15, 0.2) is 6.29 Å². The van der Waals surface area contributed by atoms with Crippen molar-refractivity contribution in [2.45, 2.75) is 33.7 Å². The Morgan fingerprint density at radius 1 is 1.40 bits per heavy atom. The summed E-state index contributed by atoms with van der Waals surface area (Å²) in [4.78, 5) is 11.2. The van der Waals surface area contributed by atoms with Crippen molar-refractivity contribution < 1.29 is 9.18 Å². The second-order valence-corrected chi connectivity index (χ2v) is 5.46. The van der Waals surface area contributed by atoms with Crippen molar-refractivity contribution in [2.24, 2.45) is 5.92 Å². The fourth-order valence-electron chi connectivity index (χ4n) is 2.04. The Balaban J connectivity index is 2.34. The summed E-state index contributed by atoms with van der Waals surface area (Å²) in [6.45, 7) is 6.77. The lowest BCUT2D eigenvalue weighted by Crippen LogP contribution is -2.02. The van der Waals surface area contributed by atoms with Gasteiger partial charge < -0.3 is 0 Å². The van der Waals surface area contributed by atoms with Gasteiger partial charge in [-0.2, -0.15) is 5.10 Å². The number of rotatable bonds is 5. The van der Waals surface area contributed by atoms with Gasteiger partial charge in [-0.1, -0.05) is 13.8 Å². The fraction of sp³-hybridized carbons (Fsp3) is 0.375. The van der Waals surface area contributed by atoms with E-state index in [1.54, 1.807) is 29.9 Å². The number of aldehydes is 1. The van der Waals surface area contributed by atoms with Crippen LogP contribution in [0, 0.1) is 18.7 Å². The number of nitrogens with zero attached hydrogens (tertiary/aromatic N) is 2. The highest BCUT2D eigenvalue weighted by Crippen LogP contribution is 2.23. The van der Waals surface area contributed by atoms with E-state index in [1.165, 1.54) is 6.07 Å². The van der Waals surface area contributed by atoms with Crippen LogP contribution in [-0.2, 0) is 6.54 Å². The molecule has 2 aromatic rings. The lowest BCUT2D eigenvalue weighted by molar-refractivity contribution is 0.112. The summed E-state index contributed by atoms with van der Waals surface area (Å²) >= 11 is 0. The molecular weight excluding hydrogens is 255 g/mol. The lowest BCUT2D eigenvalue weighted by atomic mass is 10.1. The molecule has 0 saturated heterocycles. The van der Waals surface area contributed by atoms with Gasteiger partial charge in [-0.3, -0.25) is 9.48 Å². The predicted molar refractivity (Wildman–Crippen MR) is 77.2 cm³/mol. The van der Waals surface area contributed by atoms with E-state index in [4.69, 9.17) is 0 Å². The SMILES string of the molecule is Cc1cc(-c2nn(CCC(C)C)cc2C=O)ccc1F. The molecule has 0 atom stereocenters. The van der Waals surface area contributed by atoms with Gasteiger partial charge in [-0.25, -0.2) is 4.39 Å². The molecule has 0 spiro atoms. The van der Waals surface area contributed by atoms with E-state index in [2.05, 4.69) is 18.9 Å². The molecule has 2 rings (SSSR count). The largest absolute Gasteiger partial charge is 0.298 e. The topological polar surface area (TPSA) is 34.9 Å². The Morgan fingerprint density at radius 3 is 2.75 bits per heavy atom. The van der Waals surface area contributed by atoms with E-state index in [9.17, 15) is 9.18 Å². The third-order valence-corrected chi connectivity index (χ3v) is 3.28. The number of hydrogen-bond donors (Lipinski definition) is 0. The highest BCUT2D eigenvalue weighted by atomic mass is 19.1. The van der Waals surface area contributed by atoms with Crippen molar-refractivity contribution in [3.8, 4) is 11.3 Å². The maximum Gasteiger partial charge on any atom is 0.153 e. The standard InChI is InChI=1S/C16H19FN2O/c1-11(2)6-7-19-9-14(10-20)16(18-19)13-4-5-15(17)12(3)8-13/h4-5,8-11H,6-7H2,1-3H3. The first-order chi connectivity index (χ1) is 9.51. The predicted octanol–water partition coefficient (Wildman–Crippen LogP) is 3.86. The molecule has 0 unspecified atom stereocenters. The van der Waals surface area contributed by atoms with Crippen LogP contribution in [0.5, 0.6) is 0 Å². The van der Waals surface area contributed by atoms with E-state index in [0.717, 1.165) is 24.8 Å². The highest BCUT2D eigenvalue weighted by molar-refractivity contribution is 5.85. The Kier molecular flexibility index (Phi) is 4.32. The molecule has 0 bridgehead atoms. The minimum Gasteiger partial charge on any atom is -0.298 e. The quantitative estimate of drug-likeness (QED) is 0.776. The number of carbonyl (C=O) groups excluding carboxylic acids is 1. The van der Waals surface area contributed by atoms with E-state index in [-0.39, 0.29) is 5.82 Å². The van der Waals surface area contributed by atoms with Crippen molar-refractivity contribution in [1.82, 2.24) is 9.78 Å². The van der Waals surface area contributed by atoms with Crippen LogP contribution in [0.4, 0.5) is 4.39 Å². The minimum atomic E-state index is -0.249. The first-order valence-corrected chi connectivity index (χ1v) is 6.80. The molecule has 0 aliphatic rings. The second-order valence-electron chi connectivity index (χ2n) is 5.46. The molecule has 1 aromatic carbocycles. The summed E-state index contributed by atoms with van der Waals surface area (Å²) in [5.41, 5.74) is 2.48. The summed E-state index contributed by atoms with van der Waals surface area (Å²) in [6.07, 6.45) is 3.55. The average molecular weight is 274 g/mol. The number of carbonyl (C=O) groups is 1. The van der Waals surface area contributed by atoms with Gasteiger partial charge >= 0.3 is 0 Å². The number of halogens is 1. The second kappa shape index (κ2) is 5.99. The van der Waals surface area contributed by atoms with Gasteiger partial charge in [0.05, 0.1) is 5.56 Å². The monoisotopic (exact) mass is 274 g/mol. The van der Waals surface area contributed by atoms with Crippen LogP contribution in [0.15, 0.2) is 24.4 Å². The number of benzene rings is 1. The molecular formula is C16H19FN2O. The Bertz CT molecular complexity index is 617. The Hall–Kier alpha value is -1.97. The molecule has 0 aliphatic carbocycles. The van der Waals surface area contributed by atoms with Gasteiger partial charge in [-0.15, -0.1) is 0 Å². The summed E-state index contributed by atoms with van der Waals surface area (Å²) in [7, 11) is 0. The highest BCUT2D eigenvalue weighted by Gasteiger charge is 2.12. The van der Waals surface area contributed by atoms with E-state index < -0.39 is 0 Å². The Morgan fingerprint density at radius 2 is 2.15 bits per heavy atom. The average Bonchev–Trinajstić information content (AvgIpc) is 2.83. The van der Waals surface area contributed by atoms with E-state index in [0.29, 0.717) is 22.7 Å². The maximum absolute atomic E-state index is 13.3. The molecule has 0 fully saturated rings. The van der Waals surface area contributed by atoms with Crippen LogP contribution >= 0.6 is 0 Å². The minimum absolute atomic E-state index is 0.249. The van der Waals surface area contributed by atoms with Gasteiger partial charge in [0.2, 0.25) is 0 Å². The zero-order chi connectivity index (χ0) is 14.7. The zero-order valence-electron chi connectivity index (χ0n) is 12.1. The maximum atomic E-state index is 13.3. The van der Waals surface area contributed by atoms with E-state index in [1.807, 2.05) is 0 Å². The summed E-state index contributed by atoms with van der Waals surface area (Å²) in [5.74, 6) is 0.330. The van der Waals surface area contributed by atoms with Gasteiger partial charge in [0.1, 0.15) is 11.5 Å². The molecule has 3 nitrogen and oxygen atoms in total. The summed E-state index contributed by atoms with van der Waals surface area (Å²) in [6, 6.07) is 4.79. The smallest absolute Gasteiger partial charge is 0.153 e. The van der Waals surface area contributed by atoms with Crippen molar-refractivity contribution in [1.29, 1.82) is 0 Å². The van der Waals surface area contributed by atoms with Crippen LogP contribution in [0.3, 0.4) is 0 Å². The molecule has 20 heavy (non-hydrogen) atoms. The van der Waals surface area contributed by atoms with Gasteiger partial charge in [-0.05, 0) is 43.0 Å². The summed E-state index contributed by atoms with van der Waals surface area (Å²) in [5, 5.41) is 4.46. The van der Waals surface area contributed by atoms with Crippen LogP contribution in [0.2, 0.25) is 0 Å². The number of aryl methyl sites for hydroxylation is 2. The third kappa shape index (κ3) is 3.13. The normalized spacial score (nSPS) is 11.1. The Labute approximate surface area is 118 Å². The molecule has 4 heteroatoms. The molecule has 0 aliphatic heterocycles. The van der Waals surface area contributed by atoms with Crippen LogP contribution in [-0.4, -0.2) is 16.1 Å². The zero-order valence-corrected chi connectivity index (χ0v) is 12.1. The van der Waals surface area contributed by atoms with Gasteiger partial charge in [0.25, 0.3) is 0 Å². The van der Waals surface area contributed by atoms with E-state index >= 15 is 0 Å². The third-order valence-electron chi connectivity index (χ3n) is 3.28. The molecule has 0 saturated carbocycles. The van der Waals surface area contributed by atoms with Crippen molar-refractivity contribution in [3.05, 3.63) is 41.3 Å². The fourth-order valence-corrected chi connectivity index (χ4v) is 2.04. The molecule has 0 amide bonds. The van der Waals surface area contributed by atoms with Crippen molar-refractivity contribution in [3.63, 3.8) is 0 Å². The summed E-state index contributed by atoms with van der Waals surface area (Å²) < 4.78 is 15.1. The first-order valence-electron chi connectivity index (χ1n) is 6.80. The van der Waals surface area contributed by atoms with Gasteiger partial charge in [0, 0.05) is 18.3 Å². The van der Waals surface area contributed by atoms with Crippen LogP contribution < -0.4 is 0 Å².